The van der Waals surface area contributed by atoms with Crippen LogP contribution in [-0.2, 0) is 14.4 Å². The lowest BCUT2D eigenvalue weighted by Crippen LogP contribution is -2.51. The molecule has 1 aliphatic carbocycles. The largest absolute Gasteiger partial charge is 0.352 e. The van der Waals surface area contributed by atoms with E-state index < -0.39 is 6.04 Å². The first kappa shape index (κ1) is 19.4. The molecule has 2 N–H and O–H groups in total. The maximum absolute atomic E-state index is 12.4. The number of nitrogens with zero attached hydrogens (tertiary/aromatic N) is 2. The summed E-state index contributed by atoms with van der Waals surface area (Å²) >= 11 is 0. The number of carbonyl (C=O) groups is 3. The van der Waals surface area contributed by atoms with Gasteiger partial charge in [-0.15, -0.1) is 0 Å². The molecule has 0 radical (unpaired) electrons. The molecule has 23 heavy (non-hydrogen) atoms. The first-order valence-electron chi connectivity index (χ1n) is 8.05. The average molecular weight is 326 g/mol. The summed E-state index contributed by atoms with van der Waals surface area (Å²) in [4.78, 5) is 39.1. The van der Waals surface area contributed by atoms with Crippen LogP contribution < -0.4 is 10.6 Å². The number of hydrogen-bond donors (Lipinski definition) is 2. The van der Waals surface area contributed by atoms with Gasteiger partial charge in [-0.3, -0.25) is 19.3 Å². The highest BCUT2D eigenvalue weighted by atomic mass is 16.2. The van der Waals surface area contributed by atoms with Gasteiger partial charge in [-0.05, 0) is 47.6 Å². The molecule has 1 fully saturated rings. The van der Waals surface area contributed by atoms with Crippen LogP contribution in [0.25, 0.3) is 0 Å². The summed E-state index contributed by atoms with van der Waals surface area (Å²) in [6, 6.07) is -0.188. The molecule has 7 heteroatoms. The SMILES string of the molecule is CC(C(=O)N(C)CC(=O)NC1CC1)N(C)CC(=O)NC(C)(C)C. The minimum atomic E-state index is -0.473. The zero-order valence-electron chi connectivity index (χ0n) is 15.1. The van der Waals surface area contributed by atoms with Crippen molar-refractivity contribution in [3.8, 4) is 0 Å². The number of carbonyl (C=O) groups excluding carboxylic acids is 3. The zero-order valence-corrected chi connectivity index (χ0v) is 15.1. The number of likely N-dealkylation sites (N-methyl/N-ethyl adjacent to an activating group) is 2. The van der Waals surface area contributed by atoms with Crippen molar-refractivity contribution in [1.29, 1.82) is 0 Å². The van der Waals surface area contributed by atoms with Crippen LogP contribution >= 0.6 is 0 Å². The van der Waals surface area contributed by atoms with E-state index in [-0.39, 0.29) is 42.4 Å². The van der Waals surface area contributed by atoms with Gasteiger partial charge >= 0.3 is 0 Å². The fraction of sp³-hybridized carbons (Fsp3) is 0.812. The van der Waals surface area contributed by atoms with E-state index >= 15 is 0 Å². The highest BCUT2D eigenvalue weighted by molar-refractivity contribution is 5.88. The third-order valence-corrected chi connectivity index (χ3v) is 3.63. The molecule has 132 valence electrons. The molecule has 1 rings (SSSR count). The Labute approximate surface area is 138 Å². The average Bonchev–Trinajstić information content (AvgIpc) is 3.17. The van der Waals surface area contributed by atoms with Crippen LogP contribution in [0.4, 0.5) is 0 Å². The van der Waals surface area contributed by atoms with Gasteiger partial charge in [-0.25, -0.2) is 0 Å². The van der Waals surface area contributed by atoms with Gasteiger partial charge in [0.15, 0.2) is 0 Å². The summed E-state index contributed by atoms with van der Waals surface area (Å²) in [6.45, 7) is 7.64. The Morgan fingerprint density at radius 2 is 1.65 bits per heavy atom. The second-order valence-corrected chi connectivity index (χ2v) is 7.43. The van der Waals surface area contributed by atoms with Crippen LogP contribution in [0.15, 0.2) is 0 Å². The molecule has 0 aromatic carbocycles. The molecule has 0 aromatic heterocycles. The van der Waals surface area contributed by atoms with Crippen LogP contribution in [0.2, 0.25) is 0 Å². The third-order valence-electron chi connectivity index (χ3n) is 3.63. The van der Waals surface area contributed by atoms with E-state index in [2.05, 4.69) is 10.6 Å². The molecule has 0 spiro atoms. The molecule has 0 aromatic rings. The van der Waals surface area contributed by atoms with E-state index in [0.29, 0.717) is 0 Å². The molecule has 0 saturated heterocycles. The van der Waals surface area contributed by atoms with Crippen LogP contribution in [0.5, 0.6) is 0 Å². The molecule has 1 atom stereocenters. The number of rotatable bonds is 7. The predicted molar refractivity (Wildman–Crippen MR) is 88.8 cm³/mol. The van der Waals surface area contributed by atoms with Crippen molar-refractivity contribution in [1.82, 2.24) is 20.4 Å². The molecule has 7 nitrogen and oxygen atoms in total. The Morgan fingerprint density at radius 1 is 1.09 bits per heavy atom. The molecule has 0 aliphatic heterocycles. The molecule has 1 aliphatic rings. The third kappa shape index (κ3) is 7.45. The molecule has 0 bridgehead atoms. The smallest absolute Gasteiger partial charge is 0.239 e. The van der Waals surface area contributed by atoms with E-state index in [1.54, 1.807) is 25.9 Å². The van der Waals surface area contributed by atoms with Crippen molar-refractivity contribution in [2.75, 3.05) is 27.2 Å². The van der Waals surface area contributed by atoms with Gasteiger partial charge in [0.05, 0.1) is 19.1 Å². The molecular formula is C16H30N4O3. The van der Waals surface area contributed by atoms with Gasteiger partial charge in [0, 0.05) is 18.6 Å². The summed E-state index contributed by atoms with van der Waals surface area (Å²) in [7, 11) is 3.33. The minimum Gasteiger partial charge on any atom is -0.352 e. The number of amides is 3. The topological polar surface area (TPSA) is 81.8 Å². The Morgan fingerprint density at radius 3 is 2.13 bits per heavy atom. The first-order valence-corrected chi connectivity index (χ1v) is 8.05. The van der Waals surface area contributed by atoms with E-state index in [1.165, 1.54) is 4.90 Å². The maximum Gasteiger partial charge on any atom is 0.239 e. The van der Waals surface area contributed by atoms with E-state index in [9.17, 15) is 14.4 Å². The van der Waals surface area contributed by atoms with Crippen LogP contribution in [0.3, 0.4) is 0 Å². The minimum absolute atomic E-state index is 0.0434. The Hall–Kier alpha value is -1.63. The van der Waals surface area contributed by atoms with Gasteiger partial charge < -0.3 is 15.5 Å². The van der Waals surface area contributed by atoms with Gasteiger partial charge in [0.2, 0.25) is 17.7 Å². The number of hydrogen-bond acceptors (Lipinski definition) is 4. The summed E-state index contributed by atoms with van der Waals surface area (Å²) < 4.78 is 0. The Balaban J connectivity index is 2.43. The summed E-state index contributed by atoms with van der Waals surface area (Å²) in [5.41, 5.74) is -0.303. The van der Waals surface area contributed by atoms with Gasteiger partial charge in [-0.2, -0.15) is 0 Å². The van der Waals surface area contributed by atoms with Crippen molar-refractivity contribution in [2.45, 2.75) is 58.2 Å². The van der Waals surface area contributed by atoms with Gasteiger partial charge in [0.1, 0.15) is 0 Å². The highest BCUT2D eigenvalue weighted by Gasteiger charge is 2.27. The van der Waals surface area contributed by atoms with Crippen LogP contribution in [-0.4, -0.2) is 72.3 Å². The van der Waals surface area contributed by atoms with Gasteiger partial charge in [0.25, 0.3) is 0 Å². The maximum atomic E-state index is 12.4. The summed E-state index contributed by atoms with van der Waals surface area (Å²) in [5.74, 6) is -0.445. The zero-order chi connectivity index (χ0) is 17.8. The summed E-state index contributed by atoms with van der Waals surface area (Å²) in [5, 5.41) is 5.72. The fourth-order valence-electron chi connectivity index (χ4n) is 2.12. The first-order chi connectivity index (χ1) is 10.5. The lowest BCUT2D eigenvalue weighted by molar-refractivity contribution is -0.139. The van der Waals surface area contributed by atoms with Crippen molar-refractivity contribution >= 4 is 17.7 Å². The van der Waals surface area contributed by atoms with Crippen LogP contribution in [0.1, 0.15) is 40.5 Å². The van der Waals surface area contributed by atoms with Crippen molar-refractivity contribution < 1.29 is 14.4 Å². The quantitative estimate of drug-likeness (QED) is 0.688. The van der Waals surface area contributed by atoms with E-state index in [0.717, 1.165) is 12.8 Å². The Bertz CT molecular complexity index is 455. The monoisotopic (exact) mass is 326 g/mol. The Kier molecular flexibility index (Phi) is 6.56. The summed E-state index contributed by atoms with van der Waals surface area (Å²) in [6.07, 6.45) is 2.04. The molecular weight excluding hydrogens is 296 g/mol. The molecule has 1 unspecified atom stereocenters. The van der Waals surface area contributed by atoms with Gasteiger partial charge in [-0.1, -0.05) is 0 Å². The number of nitrogens with one attached hydrogen (secondary N) is 2. The fourth-order valence-corrected chi connectivity index (χ4v) is 2.12. The van der Waals surface area contributed by atoms with Crippen molar-refractivity contribution in [3.05, 3.63) is 0 Å². The lowest BCUT2D eigenvalue weighted by atomic mass is 10.1. The lowest BCUT2D eigenvalue weighted by Gasteiger charge is -2.29. The molecule has 0 heterocycles. The van der Waals surface area contributed by atoms with Crippen LogP contribution in [0, 0.1) is 0 Å². The second kappa shape index (κ2) is 7.77. The van der Waals surface area contributed by atoms with E-state index in [1.807, 2.05) is 20.8 Å². The van der Waals surface area contributed by atoms with E-state index in [4.69, 9.17) is 0 Å². The molecule has 3 amide bonds. The second-order valence-electron chi connectivity index (χ2n) is 7.43. The predicted octanol–water partition coefficient (Wildman–Crippen LogP) is -0.0416. The van der Waals surface area contributed by atoms with Crippen molar-refractivity contribution in [2.24, 2.45) is 0 Å². The van der Waals surface area contributed by atoms with Crippen molar-refractivity contribution in [3.63, 3.8) is 0 Å². The standard InChI is InChI=1S/C16H30N4O3/c1-11(19(5)10-14(22)18-16(2,3)4)15(23)20(6)9-13(21)17-12-7-8-12/h11-12H,7-10H2,1-6H3,(H,17,21)(H,18,22). The molecule has 1 saturated carbocycles. The normalized spacial score (nSPS) is 16.0. The highest BCUT2D eigenvalue weighted by Crippen LogP contribution is 2.18.